The van der Waals surface area contributed by atoms with Crippen LogP contribution in [0.5, 0.6) is 0 Å². The lowest BCUT2D eigenvalue weighted by Gasteiger charge is -2.36. The Morgan fingerprint density at radius 2 is 2.17 bits per heavy atom. The van der Waals surface area contributed by atoms with E-state index in [0.29, 0.717) is 0 Å². The van der Waals surface area contributed by atoms with Crippen LogP contribution in [-0.4, -0.2) is 63.5 Å². The summed E-state index contributed by atoms with van der Waals surface area (Å²) in [5, 5.41) is 1.69. The topological polar surface area (TPSA) is 114 Å². The maximum Gasteiger partial charge on any atom is 0.325 e. The molecule has 9 heteroatoms. The van der Waals surface area contributed by atoms with Gasteiger partial charge in [0.05, 0.1) is 5.25 Å². The molecule has 6 atom stereocenters. The van der Waals surface area contributed by atoms with Crippen LogP contribution in [0.4, 0.5) is 0 Å². The predicted molar refractivity (Wildman–Crippen MR) is 79.1 cm³/mol. The van der Waals surface area contributed by atoms with Crippen LogP contribution in [-0.2, 0) is 34.9 Å². The molecule has 2 aliphatic heterocycles. The van der Waals surface area contributed by atoms with Gasteiger partial charge in [0.2, 0.25) is 5.91 Å². The van der Waals surface area contributed by atoms with Crippen molar-refractivity contribution in [1.29, 1.82) is 0 Å². The third-order valence-corrected chi connectivity index (χ3v) is 5.09. The first-order chi connectivity index (χ1) is 10.7. The van der Waals surface area contributed by atoms with E-state index in [1.54, 1.807) is 6.92 Å². The van der Waals surface area contributed by atoms with E-state index in [-0.39, 0.29) is 18.5 Å². The van der Waals surface area contributed by atoms with Gasteiger partial charge in [0.15, 0.2) is 6.10 Å². The molecule has 1 amide bonds. The molecule has 130 valence electrons. The molecule has 0 aromatic heterocycles. The summed E-state index contributed by atoms with van der Waals surface area (Å²) < 4.78 is 38.9. The molecule has 8 nitrogen and oxygen atoms in total. The molecule has 2 saturated heterocycles. The lowest BCUT2D eigenvalue weighted by Crippen LogP contribution is -2.53. The third-order valence-electron chi connectivity index (χ3n) is 4.16. The standard InChI is InChI=1S/C14H21NO7S/c1-7(2)13(17)15-6-9(16)21-12-11(20-4)10-8(23(18)19)5-14(12,3)22-10/h8,10-12H,1,5-6H2,2-4H3,(H,15,17)(H,18,19)/p-1. The van der Waals surface area contributed by atoms with Gasteiger partial charge >= 0.3 is 5.97 Å². The molecule has 0 aromatic rings. The van der Waals surface area contributed by atoms with Crippen molar-refractivity contribution in [3.8, 4) is 0 Å². The van der Waals surface area contributed by atoms with E-state index in [2.05, 4.69) is 11.9 Å². The average Bonchev–Trinajstić information content (AvgIpc) is 2.95. The number of hydrogen-bond acceptors (Lipinski definition) is 7. The summed E-state index contributed by atoms with van der Waals surface area (Å²) in [6.07, 6.45) is -1.85. The number of rotatable bonds is 6. The Hall–Kier alpha value is -1.29. The van der Waals surface area contributed by atoms with Gasteiger partial charge in [0.25, 0.3) is 0 Å². The zero-order valence-corrected chi connectivity index (χ0v) is 14.0. The Balaban J connectivity index is 2.00. The zero-order valence-electron chi connectivity index (χ0n) is 13.2. The summed E-state index contributed by atoms with van der Waals surface area (Å²) in [4.78, 5) is 23.3. The van der Waals surface area contributed by atoms with E-state index in [1.165, 1.54) is 14.0 Å². The summed E-state index contributed by atoms with van der Waals surface area (Å²) in [5.74, 6) is -1.09. The smallest absolute Gasteiger partial charge is 0.325 e. The molecule has 1 N–H and O–H groups in total. The van der Waals surface area contributed by atoms with E-state index < -0.39 is 52.1 Å². The minimum Gasteiger partial charge on any atom is -0.772 e. The van der Waals surface area contributed by atoms with Crippen LogP contribution in [0.15, 0.2) is 12.2 Å². The lowest BCUT2D eigenvalue weighted by atomic mass is 9.84. The van der Waals surface area contributed by atoms with Crippen molar-refractivity contribution in [1.82, 2.24) is 5.32 Å². The SMILES string of the molecule is C=C(C)C(=O)NCC(=O)OC1C(OC)C2OC1(C)CC2S(=O)[O-]. The van der Waals surface area contributed by atoms with E-state index in [1.807, 2.05) is 0 Å². The van der Waals surface area contributed by atoms with Crippen LogP contribution in [0.2, 0.25) is 0 Å². The zero-order chi connectivity index (χ0) is 17.4. The normalized spacial score (nSPS) is 36.5. The fraction of sp³-hybridized carbons (Fsp3) is 0.714. The van der Waals surface area contributed by atoms with Gasteiger partial charge in [-0.1, -0.05) is 6.58 Å². The number of carbonyl (C=O) groups is 2. The highest BCUT2D eigenvalue weighted by Gasteiger charge is 2.63. The molecule has 0 saturated carbocycles. The van der Waals surface area contributed by atoms with Crippen molar-refractivity contribution < 1.29 is 32.6 Å². The second kappa shape index (κ2) is 6.68. The van der Waals surface area contributed by atoms with Gasteiger partial charge in [-0.05, 0) is 31.3 Å². The first-order valence-corrected chi connectivity index (χ1v) is 8.25. The second-order valence-corrected chi connectivity index (χ2v) is 7.10. The minimum absolute atomic E-state index is 0.226. The second-order valence-electron chi connectivity index (χ2n) is 5.97. The van der Waals surface area contributed by atoms with Gasteiger partial charge in [-0.2, -0.15) is 0 Å². The number of ether oxygens (including phenoxy) is 3. The summed E-state index contributed by atoms with van der Waals surface area (Å²) >= 11 is -2.29. The predicted octanol–water partition coefficient (Wildman–Crippen LogP) is -0.586. The average molecular weight is 346 g/mol. The Bertz CT molecular complexity index is 551. The van der Waals surface area contributed by atoms with Crippen molar-refractivity contribution in [2.45, 2.75) is 49.4 Å². The lowest BCUT2D eigenvalue weighted by molar-refractivity contribution is -0.162. The van der Waals surface area contributed by atoms with Crippen LogP contribution < -0.4 is 5.32 Å². The number of fused-ring (bicyclic) bond motifs is 2. The molecular formula is C14H20NO7S-. The molecule has 0 spiro atoms. The number of nitrogens with one attached hydrogen (secondary N) is 1. The van der Waals surface area contributed by atoms with Crippen molar-refractivity contribution in [2.24, 2.45) is 0 Å². The van der Waals surface area contributed by atoms with Gasteiger partial charge in [-0.15, -0.1) is 0 Å². The van der Waals surface area contributed by atoms with Gasteiger partial charge in [0, 0.05) is 12.7 Å². The van der Waals surface area contributed by atoms with Crippen LogP contribution in [0.25, 0.3) is 0 Å². The molecule has 2 fully saturated rings. The van der Waals surface area contributed by atoms with Crippen LogP contribution in [0.1, 0.15) is 20.3 Å². The molecule has 0 radical (unpaired) electrons. The Morgan fingerprint density at radius 1 is 1.52 bits per heavy atom. The molecule has 0 aliphatic carbocycles. The number of carbonyl (C=O) groups excluding carboxylic acids is 2. The highest BCUT2D eigenvalue weighted by atomic mass is 32.2. The Morgan fingerprint density at radius 3 is 2.70 bits per heavy atom. The molecule has 0 aromatic carbocycles. The largest absolute Gasteiger partial charge is 0.772 e. The highest BCUT2D eigenvalue weighted by Crippen LogP contribution is 2.47. The van der Waals surface area contributed by atoms with Crippen LogP contribution >= 0.6 is 0 Å². The first kappa shape index (κ1) is 18.1. The van der Waals surface area contributed by atoms with Gasteiger partial charge in [-0.25, -0.2) is 0 Å². The quantitative estimate of drug-likeness (QED) is 0.388. The summed E-state index contributed by atoms with van der Waals surface area (Å²) in [5.41, 5.74) is -0.645. The Labute approximate surface area is 136 Å². The summed E-state index contributed by atoms with van der Waals surface area (Å²) in [6.45, 7) is 6.37. The van der Waals surface area contributed by atoms with E-state index in [4.69, 9.17) is 14.2 Å². The number of hydrogen-bond donors (Lipinski definition) is 1. The molecular weight excluding hydrogens is 326 g/mol. The Kier molecular flexibility index (Phi) is 5.24. The third kappa shape index (κ3) is 3.47. The fourth-order valence-electron chi connectivity index (χ4n) is 3.05. The number of esters is 1. The summed E-state index contributed by atoms with van der Waals surface area (Å²) in [6, 6.07) is 0. The van der Waals surface area contributed by atoms with Crippen LogP contribution in [0.3, 0.4) is 0 Å². The van der Waals surface area contributed by atoms with Crippen LogP contribution in [0, 0.1) is 0 Å². The van der Waals surface area contributed by atoms with Gasteiger partial charge in [-0.3, -0.25) is 13.8 Å². The molecule has 2 bridgehead atoms. The first-order valence-electron chi connectivity index (χ1n) is 7.11. The van der Waals surface area contributed by atoms with Crippen molar-refractivity contribution >= 4 is 23.0 Å². The van der Waals surface area contributed by atoms with E-state index in [0.717, 1.165) is 0 Å². The van der Waals surface area contributed by atoms with Crippen molar-refractivity contribution in [3.05, 3.63) is 12.2 Å². The maximum absolute atomic E-state index is 11.9. The highest BCUT2D eigenvalue weighted by molar-refractivity contribution is 7.79. The van der Waals surface area contributed by atoms with E-state index >= 15 is 0 Å². The van der Waals surface area contributed by atoms with Gasteiger partial charge < -0.3 is 24.1 Å². The van der Waals surface area contributed by atoms with Crippen molar-refractivity contribution in [3.63, 3.8) is 0 Å². The van der Waals surface area contributed by atoms with Gasteiger partial charge in [0.1, 0.15) is 24.4 Å². The monoisotopic (exact) mass is 346 g/mol. The summed E-state index contributed by atoms with van der Waals surface area (Å²) in [7, 11) is 1.41. The molecule has 2 heterocycles. The number of methoxy groups -OCH3 is 1. The molecule has 23 heavy (non-hydrogen) atoms. The van der Waals surface area contributed by atoms with E-state index in [9.17, 15) is 18.4 Å². The fourth-order valence-corrected chi connectivity index (χ4v) is 3.94. The maximum atomic E-state index is 11.9. The minimum atomic E-state index is -2.29. The number of amides is 1. The molecule has 6 unspecified atom stereocenters. The molecule has 2 rings (SSSR count). The molecule has 2 aliphatic rings. The van der Waals surface area contributed by atoms with Crippen molar-refractivity contribution in [2.75, 3.05) is 13.7 Å².